The first-order valence-corrected chi connectivity index (χ1v) is 8.62. The van der Waals surface area contributed by atoms with Crippen LogP contribution in [0.1, 0.15) is 11.1 Å². The molecule has 0 aliphatic rings. The van der Waals surface area contributed by atoms with Gasteiger partial charge in [-0.05, 0) is 42.3 Å². The Hall–Kier alpha value is -3.32. The second kappa shape index (κ2) is 8.37. The minimum atomic E-state index is -0.308. The van der Waals surface area contributed by atoms with Crippen LogP contribution in [0.4, 0.5) is 27.8 Å². The quantitative estimate of drug-likeness (QED) is 0.527. The first kappa shape index (κ1) is 18.5. The Balaban J connectivity index is 1.61. The van der Waals surface area contributed by atoms with E-state index in [1.54, 1.807) is 0 Å². The number of hydrogen-bond acceptors (Lipinski definition) is 5. The molecule has 0 radical (unpaired) electrons. The van der Waals surface area contributed by atoms with Gasteiger partial charge in [0.25, 0.3) is 0 Å². The van der Waals surface area contributed by atoms with Crippen molar-refractivity contribution in [2.75, 3.05) is 21.7 Å². The van der Waals surface area contributed by atoms with E-state index in [9.17, 15) is 4.79 Å². The van der Waals surface area contributed by atoms with Crippen molar-refractivity contribution >= 4 is 40.6 Å². The summed E-state index contributed by atoms with van der Waals surface area (Å²) in [5.74, 6) is 0.678. The van der Waals surface area contributed by atoms with Crippen LogP contribution in [0.25, 0.3) is 0 Å². The van der Waals surface area contributed by atoms with Crippen LogP contribution in [0, 0.1) is 6.92 Å². The van der Waals surface area contributed by atoms with Crippen molar-refractivity contribution < 1.29 is 4.79 Å². The molecule has 0 aliphatic carbocycles. The molecule has 138 valence electrons. The lowest BCUT2D eigenvalue weighted by molar-refractivity contribution is 0.262. The Labute approximate surface area is 162 Å². The summed E-state index contributed by atoms with van der Waals surface area (Å²) >= 11 is 6.07. The molecule has 0 aliphatic heterocycles. The normalized spacial score (nSPS) is 10.3. The van der Waals surface area contributed by atoms with Gasteiger partial charge in [0.05, 0.1) is 0 Å². The van der Waals surface area contributed by atoms with E-state index < -0.39 is 0 Å². The third kappa shape index (κ3) is 5.08. The number of urea groups is 1. The van der Waals surface area contributed by atoms with Crippen LogP contribution in [0.2, 0.25) is 5.02 Å². The summed E-state index contributed by atoms with van der Waals surface area (Å²) < 4.78 is 0. The number of benzene rings is 2. The highest BCUT2D eigenvalue weighted by atomic mass is 35.5. The van der Waals surface area contributed by atoms with Gasteiger partial charge in [0, 0.05) is 17.9 Å². The van der Waals surface area contributed by atoms with Gasteiger partial charge in [0.1, 0.15) is 17.2 Å². The van der Waals surface area contributed by atoms with Crippen molar-refractivity contribution in [2.24, 2.45) is 0 Å². The molecule has 5 N–H and O–H groups in total. The van der Waals surface area contributed by atoms with E-state index >= 15 is 0 Å². The number of aromatic nitrogens is 2. The van der Waals surface area contributed by atoms with Crippen LogP contribution >= 0.6 is 11.6 Å². The summed E-state index contributed by atoms with van der Waals surface area (Å²) in [6, 6.07) is 14.7. The van der Waals surface area contributed by atoms with Crippen molar-refractivity contribution in [3.8, 4) is 0 Å². The first-order chi connectivity index (χ1) is 13.0. The third-order valence-corrected chi connectivity index (χ3v) is 4.11. The zero-order valence-electron chi connectivity index (χ0n) is 14.7. The lowest BCUT2D eigenvalue weighted by Gasteiger charge is -2.11. The van der Waals surface area contributed by atoms with Crippen LogP contribution < -0.4 is 21.7 Å². The van der Waals surface area contributed by atoms with E-state index in [4.69, 9.17) is 17.3 Å². The summed E-state index contributed by atoms with van der Waals surface area (Å²) in [7, 11) is 0. The molecule has 0 bridgehead atoms. The number of anilines is 4. The van der Waals surface area contributed by atoms with Gasteiger partial charge in [-0.1, -0.05) is 35.9 Å². The van der Waals surface area contributed by atoms with Gasteiger partial charge in [-0.15, -0.1) is 0 Å². The summed E-state index contributed by atoms with van der Waals surface area (Å²) in [6.07, 6.45) is 1.34. The monoisotopic (exact) mass is 382 g/mol. The average molecular weight is 383 g/mol. The van der Waals surface area contributed by atoms with Crippen LogP contribution in [-0.2, 0) is 6.54 Å². The van der Waals surface area contributed by atoms with Crippen LogP contribution in [-0.4, -0.2) is 16.0 Å². The molecule has 1 heterocycles. The molecule has 0 saturated carbocycles. The predicted molar refractivity (Wildman–Crippen MR) is 109 cm³/mol. The number of halogens is 1. The van der Waals surface area contributed by atoms with Gasteiger partial charge in [0.15, 0.2) is 5.82 Å². The molecule has 3 aromatic rings. The maximum Gasteiger partial charge on any atom is 0.323 e. The van der Waals surface area contributed by atoms with Gasteiger partial charge in [-0.2, -0.15) is 0 Å². The minimum Gasteiger partial charge on any atom is -0.382 e. The average Bonchev–Trinajstić information content (AvgIpc) is 2.63. The van der Waals surface area contributed by atoms with E-state index in [2.05, 4.69) is 25.9 Å². The maximum atomic E-state index is 12.2. The van der Waals surface area contributed by atoms with Gasteiger partial charge < -0.3 is 21.7 Å². The van der Waals surface area contributed by atoms with E-state index in [1.165, 1.54) is 6.33 Å². The lowest BCUT2D eigenvalue weighted by atomic mass is 10.2. The zero-order chi connectivity index (χ0) is 19.2. The van der Waals surface area contributed by atoms with E-state index in [-0.39, 0.29) is 16.9 Å². The Bertz CT molecular complexity index is 962. The molecule has 7 nitrogen and oxygen atoms in total. The number of nitrogens with two attached hydrogens (primary N) is 1. The molecule has 0 saturated heterocycles. The van der Waals surface area contributed by atoms with E-state index in [1.807, 2.05) is 55.5 Å². The standard InChI is InChI=1S/C19H19ClN6O/c1-12-4-2-6-14(8-12)25-19(27)26-15-7-3-5-13(9-15)10-22-18-16(20)17(21)23-11-24-18/h2-9,11H,10H2,1H3,(H2,25,26,27)(H3,21,22,23,24). The predicted octanol–water partition coefficient (Wildman–Crippen LogP) is 4.28. The SMILES string of the molecule is Cc1cccc(NC(=O)Nc2cccc(CNc3ncnc(N)c3Cl)c2)c1. The summed E-state index contributed by atoms with van der Waals surface area (Å²) in [5.41, 5.74) is 9.09. The van der Waals surface area contributed by atoms with E-state index in [0.717, 1.165) is 16.8 Å². The minimum absolute atomic E-state index is 0.220. The van der Waals surface area contributed by atoms with Crippen molar-refractivity contribution in [1.82, 2.24) is 9.97 Å². The molecule has 3 rings (SSSR count). The van der Waals surface area contributed by atoms with Gasteiger partial charge in [-0.25, -0.2) is 14.8 Å². The van der Waals surface area contributed by atoms with E-state index in [0.29, 0.717) is 18.1 Å². The third-order valence-electron chi connectivity index (χ3n) is 3.74. The fraction of sp³-hybridized carbons (Fsp3) is 0.105. The number of carbonyl (C=O) groups excluding carboxylic acids is 1. The van der Waals surface area contributed by atoms with Gasteiger partial charge in [-0.3, -0.25) is 0 Å². The molecule has 0 unspecified atom stereocenters. The second-order valence-corrected chi connectivity index (χ2v) is 6.30. The molecule has 1 aromatic heterocycles. The van der Waals surface area contributed by atoms with Gasteiger partial charge in [0.2, 0.25) is 0 Å². The Morgan fingerprint density at radius 3 is 2.52 bits per heavy atom. The molecule has 2 amide bonds. The lowest BCUT2D eigenvalue weighted by Crippen LogP contribution is -2.19. The molecule has 27 heavy (non-hydrogen) atoms. The Morgan fingerprint density at radius 1 is 1.07 bits per heavy atom. The highest BCUT2D eigenvalue weighted by Gasteiger charge is 2.07. The number of rotatable bonds is 5. The molecule has 0 spiro atoms. The smallest absolute Gasteiger partial charge is 0.323 e. The molecular formula is C19H19ClN6O. The molecule has 0 atom stereocenters. The van der Waals surface area contributed by atoms with Crippen LogP contribution in [0.3, 0.4) is 0 Å². The fourth-order valence-corrected chi connectivity index (χ4v) is 2.63. The molecule has 2 aromatic carbocycles. The van der Waals surface area contributed by atoms with Crippen molar-refractivity contribution in [1.29, 1.82) is 0 Å². The molecule has 0 fully saturated rings. The summed E-state index contributed by atoms with van der Waals surface area (Å²) in [5, 5.41) is 9.01. The maximum absolute atomic E-state index is 12.2. The fourth-order valence-electron chi connectivity index (χ4n) is 2.47. The topological polar surface area (TPSA) is 105 Å². The number of nitrogens with one attached hydrogen (secondary N) is 3. The van der Waals surface area contributed by atoms with Crippen molar-refractivity contribution in [2.45, 2.75) is 13.5 Å². The summed E-state index contributed by atoms with van der Waals surface area (Å²) in [6.45, 7) is 2.43. The Kier molecular flexibility index (Phi) is 5.73. The number of amides is 2. The van der Waals surface area contributed by atoms with Crippen LogP contribution in [0.15, 0.2) is 54.9 Å². The second-order valence-electron chi connectivity index (χ2n) is 5.92. The molecular weight excluding hydrogens is 364 g/mol. The highest BCUT2D eigenvalue weighted by Crippen LogP contribution is 2.24. The summed E-state index contributed by atoms with van der Waals surface area (Å²) in [4.78, 5) is 20.1. The number of hydrogen-bond donors (Lipinski definition) is 4. The number of aryl methyl sites for hydroxylation is 1. The van der Waals surface area contributed by atoms with Crippen molar-refractivity contribution in [3.63, 3.8) is 0 Å². The van der Waals surface area contributed by atoms with Crippen LogP contribution in [0.5, 0.6) is 0 Å². The first-order valence-electron chi connectivity index (χ1n) is 8.25. The highest BCUT2D eigenvalue weighted by molar-refractivity contribution is 6.35. The Morgan fingerprint density at radius 2 is 1.78 bits per heavy atom. The van der Waals surface area contributed by atoms with Crippen molar-refractivity contribution in [3.05, 3.63) is 71.0 Å². The molecule has 8 heteroatoms. The zero-order valence-corrected chi connectivity index (χ0v) is 15.4. The largest absolute Gasteiger partial charge is 0.382 e. The van der Waals surface area contributed by atoms with Gasteiger partial charge >= 0.3 is 6.03 Å². The number of carbonyl (C=O) groups is 1. The number of nitrogens with zero attached hydrogens (tertiary/aromatic N) is 2. The number of nitrogen functional groups attached to an aromatic ring is 1.